The summed E-state index contributed by atoms with van der Waals surface area (Å²) in [6.45, 7) is 6.47. The summed E-state index contributed by atoms with van der Waals surface area (Å²) in [7, 11) is 0. The Morgan fingerprint density at radius 1 is 0.256 bits per heavy atom. The maximum atomic E-state index is 12.9. The van der Waals surface area contributed by atoms with Crippen LogP contribution in [0.4, 0.5) is 0 Å². The first-order valence-electron chi connectivity index (χ1n) is 34.2. The van der Waals surface area contributed by atoms with Crippen molar-refractivity contribution in [3.05, 3.63) is 134 Å². The van der Waals surface area contributed by atoms with E-state index in [1.807, 2.05) is 0 Å². The highest BCUT2D eigenvalue weighted by atomic mass is 16.6. The molecule has 0 saturated carbocycles. The van der Waals surface area contributed by atoms with Crippen LogP contribution in [0, 0.1) is 0 Å². The summed E-state index contributed by atoms with van der Waals surface area (Å²) in [4.78, 5) is 38.4. The average Bonchev–Trinajstić information content (AvgIpc) is 3.47. The smallest absolute Gasteiger partial charge is 0.306 e. The third kappa shape index (κ3) is 66.4. The van der Waals surface area contributed by atoms with E-state index < -0.39 is 6.10 Å². The van der Waals surface area contributed by atoms with E-state index in [0.717, 1.165) is 128 Å². The molecule has 0 aliphatic heterocycles. The average molecular weight is 1140 g/mol. The zero-order valence-electron chi connectivity index (χ0n) is 53.5. The molecule has 0 N–H and O–H groups in total. The Bertz CT molecular complexity index is 1730. The molecule has 0 aromatic carbocycles. The highest BCUT2D eigenvalue weighted by molar-refractivity contribution is 5.71. The topological polar surface area (TPSA) is 78.9 Å². The van der Waals surface area contributed by atoms with Crippen LogP contribution in [0.2, 0.25) is 0 Å². The van der Waals surface area contributed by atoms with Crippen molar-refractivity contribution in [2.75, 3.05) is 13.2 Å². The highest BCUT2D eigenvalue weighted by Gasteiger charge is 2.19. The molecule has 82 heavy (non-hydrogen) atoms. The lowest BCUT2D eigenvalue weighted by Crippen LogP contribution is -2.30. The van der Waals surface area contributed by atoms with E-state index in [0.29, 0.717) is 19.3 Å². The fourth-order valence-electron chi connectivity index (χ4n) is 9.30. The Hall–Kier alpha value is -4.45. The van der Waals surface area contributed by atoms with Crippen molar-refractivity contribution in [2.45, 2.75) is 316 Å². The normalized spacial score (nSPS) is 13.0. The third-order valence-electron chi connectivity index (χ3n) is 14.4. The quantitative estimate of drug-likeness (QED) is 0.0261. The molecule has 0 amide bonds. The van der Waals surface area contributed by atoms with Crippen LogP contribution < -0.4 is 0 Å². The van der Waals surface area contributed by atoms with Crippen LogP contribution in [0.5, 0.6) is 0 Å². The van der Waals surface area contributed by atoms with Crippen molar-refractivity contribution in [3.63, 3.8) is 0 Å². The van der Waals surface area contributed by atoms with Gasteiger partial charge in [-0.3, -0.25) is 14.4 Å². The second kappa shape index (κ2) is 69.0. The molecule has 0 bridgehead atoms. The van der Waals surface area contributed by atoms with Gasteiger partial charge >= 0.3 is 17.9 Å². The van der Waals surface area contributed by atoms with Gasteiger partial charge in [-0.05, 0) is 116 Å². The summed E-state index contributed by atoms with van der Waals surface area (Å²) >= 11 is 0. The van der Waals surface area contributed by atoms with Gasteiger partial charge in [0.05, 0.1) is 0 Å². The van der Waals surface area contributed by atoms with Crippen LogP contribution in [0.25, 0.3) is 0 Å². The van der Waals surface area contributed by atoms with Crippen LogP contribution in [0.1, 0.15) is 310 Å². The van der Waals surface area contributed by atoms with Gasteiger partial charge in [0.1, 0.15) is 13.2 Å². The van der Waals surface area contributed by atoms with Gasteiger partial charge in [0.15, 0.2) is 6.10 Å². The fourth-order valence-corrected chi connectivity index (χ4v) is 9.30. The van der Waals surface area contributed by atoms with Crippen LogP contribution in [-0.4, -0.2) is 37.2 Å². The first-order chi connectivity index (χ1) is 40.5. The number of esters is 3. The molecule has 0 aromatic rings. The summed E-state index contributed by atoms with van der Waals surface area (Å²) in [5.41, 5.74) is 0. The standard InChI is InChI=1S/C76H126O6/c1-4-7-10-13-16-19-22-25-28-30-32-34-35-36-37-38-39-40-41-42-44-45-48-51-54-57-60-63-66-69-75(78)81-72-73(71-80-74(77)68-65-62-59-56-53-50-47-27-24-21-18-15-12-9-6-3)82-76(79)70-67-64-61-58-55-52-49-46-43-33-31-29-26-23-20-17-14-11-8-5-2/h7,10,16,18-19,21,25,27-28,32,34,36-37,39-40,42,44,47-48,51,57,60,73H,4-6,8-9,11-15,17,20,22-24,26,29-31,33,35,38,41,43,45-46,49-50,52-56,58-59,61-72H2,1-3H3/b10-7-,19-16-,21-18-,28-25-,34-32-,37-36-,40-39-,44-42-,47-27-,51-48-,60-57-. The number of hydrogen-bond acceptors (Lipinski definition) is 6. The molecule has 0 rings (SSSR count). The minimum Gasteiger partial charge on any atom is -0.462 e. The first-order valence-corrected chi connectivity index (χ1v) is 34.2. The zero-order chi connectivity index (χ0) is 59.2. The van der Waals surface area contributed by atoms with Crippen LogP contribution in [-0.2, 0) is 28.6 Å². The second-order valence-electron chi connectivity index (χ2n) is 22.4. The van der Waals surface area contributed by atoms with Gasteiger partial charge in [-0.2, -0.15) is 0 Å². The molecular formula is C76H126O6. The predicted octanol–water partition coefficient (Wildman–Crippen LogP) is 23.7. The van der Waals surface area contributed by atoms with Gasteiger partial charge in [-0.15, -0.1) is 0 Å². The van der Waals surface area contributed by atoms with Crippen molar-refractivity contribution in [2.24, 2.45) is 0 Å². The number of carbonyl (C=O) groups excluding carboxylic acids is 3. The molecule has 466 valence electrons. The highest BCUT2D eigenvalue weighted by Crippen LogP contribution is 2.16. The molecule has 6 nitrogen and oxygen atoms in total. The number of rotatable bonds is 61. The van der Waals surface area contributed by atoms with Crippen molar-refractivity contribution < 1.29 is 28.6 Å². The van der Waals surface area contributed by atoms with Gasteiger partial charge in [0.25, 0.3) is 0 Å². The van der Waals surface area contributed by atoms with Gasteiger partial charge in [-0.25, -0.2) is 0 Å². The molecule has 0 heterocycles. The van der Waals surface area contributed by atoms with Crippen molar-refractivity contribution in [1.82, 2.24) is 0 Å². The van der Waals surface area contributed by atoms with E-state index in [9.17, 15) is 14.4 Å². The number of unbranched alkanes of at least 4 members (excludes halogenated alkanes) is 28. The zero-order valence-corrected chi connectivity index (χ0v) is 53.5. The summed E-state index contributed by atoms with van der Waals surface area (Å²) in [6.07, 6.45) is 97.6. The fraction of sp³-hybridized carbons (Fsp3) is 0.671. The van der Waals surface area contributed by atoms with E-state index in [2.05, 4.69) is 154 Å². The molecule has 0 fully saturated rings. The molecule has 1 atom stereocenters. The van der Waals surface area contributed by atoms with Gasteiger partial charge in [0, 0.05) is 19.3 Å². The third-order valence-corrected chi connectivity index (χ3v) is 14.4. The maximum absolute atomic E-state index is 12.9. The Balaban J connectivity index is 4.46. The lowest BCUT2D eigenvalue weighted by Gasteiger charge is -2.18. The molecule has 0 aliphatic carbocycles. The largest absolute Gasteiger partial charge is 0.462 e. The van der Waals surface area contributed by atoms with E-state index in [1.165, 1.54) is 135 Å². The summed E-state index contributed by atoms with van der Waals surface area (Å²) < 4.78 is 16.9. The van der Waals surface area contributed by atoms with Gasteiger partial charge < -0.3 is 14.2 Å². The molecule has 0 aromatic heterocycles. The number of carbonyl (C=O) groups is 3. The van der Waals surface area contributed by atoms with Crippen LogP contribution >= 0.6 is 0 Å². The minimum absolute atomic E-state index is 0.104. The second-order valence-corrected chi connectivity index (χ2v) is 22.4. The molecular weight excluding hydrogens is 1010 g/mol. The molecule has 0 spiro atoms. The van der Waals surface area contributed by atoms with Gasteiger partial charge in [-0.1, -0.05) is 309 Å². The maximum Gasteiger partial charge on any atom is 0.306 e. The molecule has 6 heteroatoms. The number of ether oxygens (including phenoxy) is 3. The number of allylic oxidation sites excluding steroid dienone is 22. The lowest BCUT2D eigenvalue weighted by atomic mass is 10.0. The van der Waals surface area contributed by atoms with Crippen LogP contribution in [0.3, 0.4) is 0 Å². The van der Waals surface area contributed by atoms with Crippen LogP contribution in [0.15, 0.2) is 134 Å². The molecule has 0 radical (unpaired) electrons. The SMILES string of the molecule is CC/C=C\C/C=C\C/C=C\C/C=C\C/C=C\C/C=C\C/C=C\C/C=C\C/C=C\CCCC(=O)OCC(COC(=O)CCCCCCC/C=C\C/C=C\CCCCC)OC(=O)CCCCCCCCCCCCCCCCCCCCCC. The lowest BCUT2D eigenvalue weighted by molar-refractivity contribution is -0.167. The van der Waals surface area contributed by atoms with E-state index in [1.54, 1.807) is 0 Å². The monoisotopic (exact) mass is 1130 g/mol. The predicted molar refractivity (Wildman–Crippen MR) is 357 cm³/mol. The van der Waals surface area contributed by atoms with Crippen molar-refractivity contribution >= 4 is 17.9 Å². The number of hydrogen-bond donors (Lipinski definition) is 0. The summed E-state index contributed by atoms with van der Waals surface area (Å²) in [6, 6.07) is 0. The summed E-state index contributed by atoms with van der Waals surface area (Å²) in [5, 5.41) is 0. The van der Waals surface area contributed by atoms with E-state index in [4.69, 9.17) is 14.2 Å². The van der Waals surface area contributed by atoms with Gasteiger partial charge in [0.2, 0.25) is 0 Å². The Morgan fingerprint density at radius 3 is 0.817 bits per heavy atom. The van der Waals surface area contributed by atoms with E-state index >= 15 is 0 Å². The Kier molecular flexibility index (Phi) is 65.3. The summed E-state index contributed by atoms with van der Waals surface area (Å²) in [5.74, 6) is -0.970. The Morgan fingerprint density at radius 2 is 0.488 bits per heavy atom. The molecule has 0 aliphatic rings. The van der Waals surface area contributed by atoms with E-state index in [-0.39, 0.29) is 37.5 Å². The van der Waals surface area contributed by atoms with Crippen molar-refractivity contribution in [1.29, 1.82) is 0 Å². The first kappa shape index (κ1) is 77.5. The molecule has 0 saturated heterocycles. The Labute approximate surface area is 506 Å². The van der Waals surface area contributed by atoms with Crippen molar-refractivity contribution in [3.8, 4) is 0 Å². The minimum atomic E-state index is -0.812. The molecule has 1 unspecified atom stereocenters.